The Morgan fingerprint density at radius 3 is 2.75 bits per heavy atom. The molecular formula is C13H8BrIO. The maximum atomic E-state index is 5.84. The maximum absolute atomic E-state index is 5.84. The van der Waals surface area contributed by atoms with Crippen LogP contribution in [0.5, 0.6) is 0 Å². The molecule has 16 heavy (non-hydrogen) atoms. The van der Waals surface area contributed by atoms with Gasteiger partial charge in [0.2, 0.25) is 0 Å². The third kappa shape index (κ3) is 1.57. The molecule has 3 rings (SSSR count). The normalized spacial score (nSPS) is 11.4. The summed E-state index contributed by atoms with van der Waals surface area (Å²) in [5.74, 6) is 0. The minimum absolute atomic E-state index is 0.946. The lowest BCUT2D eigenvalue weighted by Gasteiger charge is -1.96. The zero-order valence-corrected chi connectivity index (χ0v) is 12.3. The SMILES string of the molecule is Cc1cc(Br)c2c(c1)oc1ccc(I)cc12. The van der Waals surface area contributed by atoms with E-state index in [-0.39, 0.29) is 0 Å². The van der Waals surface area contributed by atoms with Gasteiger partial charge >= 0.3 is 0 Å². The van der Waals surface area contributed by atoms with Gasteiger partial charge in [-0.25, -0.2) is 0 Å². The lowest BCUT2D eigenvalue weighted by molar-refractivity contribution is 0.668. The van der Waals surface area contributed by atoms with Crippen LogP contribution in [0, 0.1) is 10.5 Å². The summed E-state index contributed by atoms with van der Waals surface area (Å²) < 4.78 is 8.16. The molecule has 0 radical (unpaired) electrons. The van der Waals surface area contributed by atoms with E-state index in [4.69, 9.17) is 4.42 Å². The second-order valence-electron chi connectivity index (χ2n) is 3.86. The van der Waals surface area contributed by atoms with Crippen molar-refractivity contribution in [3.05, 3.63) is 43.9 Å². The monoisotopic (exact) mass is 386 g/mol. The predicted octanol–water partition coefficient (Wildman–Crippen LogP) is 5.26. The van der Waals surface area contributed by atoms with E-state index < -0.39 is 0 Å². The number of rotatable bonds is 0. The molecule has 0 aliphatic heterocycles. The number of benzene rings is 2. The van der Waals surface area contributed by atoms with Crippen LogP contribution in [-0.4, -0.2) is 0 Å². The Hall–Kier alpha value is -0.550. The third-order valence-electron chi connectivity index (χ3n) is 2.63. The van der Waals surface area contributed by atoms with Crippen molar-refractivity contribution in [2.45, 2.75) is 6.92 Å². The smallest absolute Gasteiger partial charge is 0.136 e. The molecule has 0 bridgehead atoms. The second kappa shape index (κ2) is 3.74. The van der Waals surface area contributed by atoms with Crippen molar-refractivity contribution < 1.29 is 4.42 Å². The Labute approximate surface area is 115 Å². The van der Waals surface area contributed by atoms with E-state index in [1.807, 2.05) is 6.07 Å². The van der Waals surface area contributed by atoms with Crippen molar-refractivity contribution in [3.8, 4) is 0 Å². The number of halogens is 2. The summed E-state index contributed by atoms with van der Waals surface area (Å²) >= 11 is 5.93. The molecule has 0 fully saturated rings. The molecule has 1 heterocycles. The Bertz CT molecular complexity index is 700. The van der Waals surface area contributed by atoms with Crippen LogP contribution in [0.2, 0.25) is 0 Å². The second-order valence-corrected chi connectivity index (χ2v) is 5.96. The number of furan rings is 1. The van der Waals surface area contributed by atoms with Gasteiger partial charge in [-0.2, -0.15) is 0 Å². The Morgan fingerprint density at radius 2 is 1.94 bits per heavy atom. The van der Waals surface area contributed by atoms with Crippen LogP contribution < -0.4 is 0 Å². The minimum atomic E-state index is 0.946. The van der Waals surface area contributed by atoms with Gasteiger partial charge in [0.25, 0.3) is 0 Å². The van der Waals surface area contributed by atoms with Crippen molar-refractivity contribution in [1.82, 2.24) is 0 Å². The van der Waals surface area contributed by atoms with Gasteiger partial charge < -0.3 is 4.42 Å². The molecule has 0 atom stereocenters. The van der Waals surface area contributed by atoms with E-state index in [2.05, 4.69) is 69.7 Å². The lowest BCUT2D eigenvalue weighted by Crippen LogP contribution is -1.74. The van der Waals surface area contributed by atoms with Crippen LogP contribution in [0.15, 0.2) is 39.2 Å². The Morgan fingerprint density at radius 1 is 1.12 bits per heavy atom. The van der Waals surface area contributed by atoms with Gasteiger partial charge in [-0.3, -0.25) is 0 Å². The summed E-state index contributed by atoms with van der Waals surface area (Å²) in [5, 5.41) is 2.34. The summed E-state index contributed by atoms with van der Waals surface area (Å²) in [6.45, 7) is 2.07. The van der Waals surface area contributed by atoms with Crippen molar-refractivity contribution >= 4 is 60.5 Å². The molecule has 80 valence electrons. The fourth-order valence-corrected chi connectivity index (χ4v) is 3.22. The van der Waals surface area contributed by atoms with Crippen LogP contribution in [0.25, 0.3) is 21.9 Å². The molecule has 0 amide bonds. The highest BCUT2D eigenvalue weighted by Crippen LogP contribution is 2.35. The van der Waals surface area contributed by atoms with E-state index in [1.165, 1.54) is 19.9 Å². The standard InChI is InChI=1S/C13H8BrIO/c1-7-4-10(14)13-9-6-8(15)2-3-11(9)16-12(13)5-7/h2-6H,1H3. The molecule has 0 saturated heterocycles. The van der Waals surface area contributed by atoms with E-state index in [9.17, 15) is 0 Å². The molecule has 0 spiro atoms. The van der Waals surface area contributed by atoms with Crippen LogP contribution >= 0.6 is 38.5 Å². The first kappa shape index (κ1) is 10.6. The quantitative estimate of drug-likeness (QED) is 0.480. The average Bonchev–Trinajstić information content (AvgIpc) is 2.54. The first-order valence-corrected chi connectivity index (χ1v) is 6.80. The number of fused-ring (bicyclic) bond motifs is 3. The maximum Gasteiger partial charge on any atom is 0.136 e. The third-order valence-corrected chi connectivity index (χ3v) is 3.93. The van der Waals surface area contributed by atoms with Crippen LogP contribution in [0.4, 0.5) is 0 Å². The fourth-order valence-electron chi connectivity index (χ4n) is 1.96. The molecule has 0 unspecified atom stereocenters. The van der Waals surface area contributed by atoms with E-state index in [0.717, 1.165) is 15.6 Å². The van der Waals surface area contributed by atoms with Gasteiger partial charge in [0, 0.05) is 18.8 Å². The topological polar surface area (TPSA) is 13.1 Å². The summed E-state index contributed by atoms with van der Waals surface area (Å²) in [4.78, 5) is 0. The van der Waals surface area contributed by atoms with E-state index in [0.29, 0.717) is 0 Å². The minimum Gasteiger partial charge on any atom is -0.456 e. The molecular weight excluding hydrogens is 379 g/mol. The van der Waals surface area contributed by atoms with Gasteiger partial charge in [-0.15, -0.1) is 0 Å². The van der Waals surface area contributed by atoms with Gasteiger partial charge in [-0.1, -0.05) is 15.9 Å². The Kier molecular flexibility index (Phi) is 2.47. The highest BCUT2D eigenvalue weighted by atomic mass is 127. The van der Waals surface area contributed by atoms with Crippen LogP contribution in [0.1, 0.15) is 5.56 Å². The van der Waals surface area contributed by atoms with Crippen LogP contribution in [-0.2, 0) is 0 Å². The molecule has 0 saturated carbocycles. The van der Waals surface area contributed by atoms with Crippen molar-refractivity contribution in [1.29, 1.82) is 0 Å². The lowest BCUT2D eigenvalue weighted by atomic mass is 10.1. The summed E-state index contributed by atoms with van der Waals surface area (Å²) in [6.07, 6.45) is 0. The predicted molar refractivity (Wildman–Crippen MR) is 78.9 cm³/mol. The molecule has 0 N–H and O–H groups in total. The molecule has 1 aromatic heterocycles. The molecule has 0 aliphatic rings. The van der Waals surface area contributed by atoms with E-state index >= 15 is 0 Å². The molecule has 0 aliphatic carbocycles. The summed E-state index contributed by atoms with van der Waals surface area (Å²) in [7, 11) is 0. The largest absolute Gasteiger partial charge is 0.456 e. The van der Waals surface area contributed by atoms with Gasteiger partial charge in [0.15, 0.2) is 0 Å². The number of hydrogen-bond donors (Lipinski definition) is 0. The zero-order valence-electron chi connectivity index (χ0n) is 8.55. The molecule has 2 aromatic carbocycles. The molecule has 3 heteroatoms. The molecule has 3 aromatic rings. The van der Waals surface area contributed by atoms with E-state index in [1.54, 1.807) is 0 Å². The van der Waals surface area contributed by atoms with Crippen molar-refractivity contribution in [2.75, 3.05) is 0 Å². The van der Waals surface area contributed by atoms with Gasteiger partial charge in [0.05, 0.1) is 0 Å². The van der Waals surface area contributed by atoms with Crippen LogP contribution in [0.3, 0.4) is 0 Å². The van der Waals surface area contributed by atoms with Gasteiger partial charge in [0.1, 0.15) is 11.2 Å². The Balaban J connectivity index is 2.57. The molecule has 1 nitrogen and oxygen atoms in total. The first-order chi connectivity index (χ1) is 7.65. The van der Waals surface area contributed by atoms with Crippen molar-refractivity contribution in [3.63, 3.8) is 0 Å². The van der Waals surface area contributed by atoms with Crippen molar-refractivity contribution in [2.24, 2.45) is 0 Å². The average molecular weight is 387 g/mol. The summed E-state index contributed by atoms with van der Waals surface area (Å²) in [6, 6.07) is 10.4. The zero-order chi connectivity index (χ0) is 11.3. The number of hydrogen-bond acceptors (Lipinski definition) is 1. The highest BCUT2D eigenvalue weighted by Gasteiger charge is 2.10. The summed E-state index contributed by atoms with van der Waals surface area (Å²) in [5.41, 5.74) is 3.10. The first-order valence-electron chi connectivity index (χ1n) is 4.93. The fraction of sp³-hybridized carbons (Fsp3) is 0.0769. The number of aryl methyl sites for hydroxylation is 1. The van der Waals surface area contributed by atoms with Gasteiger partial charge in [-0.05, 0) is 65.4 Å². The highest BCUT2D eigenvalue weighted by molar-refractivity contribution is 14.1.